The maximum absolute atomic E-state index is 11.5. The SMILES string of the molecule is C=C(C(=O)O)[C@@H]1C[C@H](OC(C)=O)[C@@]2(C)CCC[C@]3(C)O[C@@]32C1. The first kappa shape index (κ1) is 15.5. The molecule has 1 aliphatic heterocycles. The van der Waals surface area contributed by atoms with Crippen LogP contribution in [0.25, 0.3) is 0 Å². The molecule has 1 saturated heterocycles. The summed E-state index contributed by atoms with van der Waals surface area (Å²) in [6.07, 6.45) is 3.80. The fraction of sp³-hybridized carbons (Fsp3) is 0.765. The Kier molecular flexibility index (Phi) is 3.23. The summed E-state index contributed by atoms with van der Waals surface area (Å²) in [5, 5.41) is 9.28. The molecule has 0 aromatic carbocycles. The van der Waals surface area contributed by atoms with Crippen LogP contribution in [-0.2, 0) is 19.1 Å². The average molecular weight is 308 g/mol. The van der Waals surface area contributed by atoms with Gasteiger partial charge in [0.15, 0.2) is 0 Å². The van der Waals surface area contributed by atoms with Crippen LogP contribution in [0.5, 0.6) is 0 Å². The van der Waals surface area contributed by atoms with Crippen molar-refractivity contribution in [1.29, 1.82) is 0 Å². The van der Waals surface area contributed by atoms with Gasteiger partial charge in [-0.2, -0.15) is 0 Å². The number of esters is 1. The number of epoxide rings is 1. The molecule has 0 bridgehead atoms. The van der Waals surface area contributed by atoms with E-state index < -0.39 is 5.97 Å². The summed E-state index contributed by atoms with van der Waals surface area (Å²) < 4.78 is 11.8. The van der Waals surface area contributed by atoms with Gasteiger partial charge in [0.25, 0.3) is 0 Å². The first-order valence-electron chi connectivity index (χ1n) is 7.95. The molecule has 1 N–H and O–H groups in total. The minimum Gasteiger partial charge on any atom is -0.478 e. The lowest BCUT2D eigenvalue weighted by molar-refractivity contribution is -0.166. The summed E-state index contributed by atoms with van der Waals surface area (Å²) in [5.74, 6) is -1.52. The third-order valence-corrected chi connectivity index (χ3v) is 6.30. The molecule has 0 radical (unpaired) electrons. The zero-order valence-corrected chi connectivity index (χ0v) is 13.5. The van der Waals surface area contributed by atoms with E-state index in [1.165, 1.54) is 6.92 Å². The standard InChI is InChI=1S/C17H24O5/c1-10(14(19)20)12-8-13(21-11(2)18)15(3)6-5-7-16(4)17(15,9-12)22-16/h12-13H,1,5-9H2,2-4H3,(H,19,20)/t12-,13+,15-,16+,17-/m1/s1. The van der Waals surface area contributed by atoms with E-state index in [-0.39, 0.29) is 40.2 Å². The zero-order chi connectivity index (χ0) is 16.3. The number of ether oxygens (including phenoxy) is 2. The molecule has 3 aliphatic rings. The van der Waals surface area contributed by atoms with Crippen molar-refractivity contribution >= 4 is 11.9 Å². The van der Waals surface area contributed by atoms with E-state index in [4.69, 9.17) is 9.47 Å². The zero-order valence-electron chi connectivity index (χ0n) is 13.5. The maximum Gasteiger partial charge on any atom is 0.331 e. The molecule has 5 nitrogen and oxygen atoms in total. The quantitative estimate of drug-likeness (QED) is 0.493. The molecule has 0 aromatic rings. The highest BCUT2D eigenvalue weighted by atomic mass is 16.6. The van der Waals surface area contributed by atoms with Crippen LogP contribution in [0.2, 0.25) is 0 Å². The van der Waals surface area contributed by atoms with Crippen LogP contribution >= 0.6 is 0 Å². The summed E-state index contributed by atoms with van der Waals surface area (Å²) in [6.45, 7) is 9.36. The van der Waals surface area contributed by atoms with Gasteiger partial charge in [-0.25, -0.2) is 4.79 Å². The summed E-state index contributed by atoms with van der Waals surface area (Å²) in [7, 11) is 0. The molecule has 0 amide bonds. The van der Waals surface area contributed by atoms with Gasteiger partial charge in [0, 0.05) is 17.9 Å². The molecule has 1 heterocycles. The van der Waals surface area contributed by atoms with E-state index in [2.05, 4.69) is 20.4 Å². The summed E-state index contributed by atoms with van der Waals surface area (Å²) in [6, 6.07) is 0. The third kappa shape index (κ3) is 1.87. The number of aliphatic carboxylic acids is 1. The minimum absolute atomic E-state index is 0.192. The van der Waals surface area contributed by atoms with E-state index in [9.17, 15) is 14.7 Å². The van der Waals surface area contributed by atoms with Crippen molar-refractivity contribution in [3.05, 3.63) is 12.2 Å². The maximum atomic E-state index is 11.5. The Morgan fingerprint density at radius 3 is 2.59 bits per heavy atom. The van der Waals surface area contributed by atoms with Gasteiger partial charge in [-0.15, -0.1) is 0 Å². The molecule has 122 valence electrons. The molecular formula is C17H24O5. The van der Waals surface area contributed by atoms with E-state index in [1.54, 1.807) is 0 Å². The van der Waals surface area contributed by atoms with Gasteiger partial charge in [-0.1, -0.05) is 13.5 Å². The van der Waals surface area contributed by atoms with Crippen LogP contribution in [-0.4, -0.2) is 34.4 Å². The summed E-state index contributed by atoms with van der Waals surface area (Å²) >= 11 is 0. The van der Waals surface area contributed by atoms with Gasteiger partial charge in [0.1, 0.15) is 11.7 Å². The average Bonchev–Trinajstić information content (AvgIpc) is 3.02. The van der Waals surface area contributed by atoms with Crippen molar-refractivity contribution in [2.45, 2.75) is 70.2 Å². The molecule has 0 unspecified atom stereocenters. The van der Waals surface area contributed by atoms with Crippen LogP contribution in [0.15, 0.2) is 12.2 Å². The molecule has 2 saturated carbocycles. The Morgan fingerprint density at radius 2 is 2.00 bits per heavy atom. The Balaban J connectivity index is 1.97. The molecule has 3 rings (SSSR count). The number of carbonyl (C=O) groups excluding carboxylic acids is 1. The van der Waals surface area contributed by atoms with Crippen LogP contribution in [0.1, 0.15) is 52.9 Å². The summed E-state index contributed by atoms with van der Waals surface area (Å²) in [4.78, 5) is 22.9. The Hall–Kier alpha value is -1.36. The molecular weight excluding hydrogens is 284 g/mol. The molecule has 0 aromatic heterocycles. The van der Waals surface area contributed by atoms with Gasteiger partial charge in [0.05, 0.1) is 5.60 Å². The lowest BCUT2D eigenvalue weighted by atomic mass is 9.53. The topological polar surface area (TPSA) is 76.1 Å². The highest BCUT2D eigenvalue weighted by Gasteiger charge is 2.79. The predicted octanol–water partition coefficient (Wildman–Crippen LogP) is 2.69. The summed E-state index contributed by atoms with van der Waals surface area (Å²) in [5.41, 5.74) is -0.673. The Morgan fingerprint density at radius 1 is 1.32 bits per heavy atom. The number of carbonyl (C=O) groups is 2. The molecule has 5 atom stereocenters. The number of rotatable bonds is 3. The number of carboxylic acids is 1. The van der Waals surface area contributed by atoms with Crippen molar-refractivity contribution in [3.63, 3.8) is 0 Å². The normalized spacial score (nSPS) is 46.1. The monoisotopic (exact) mass is 308 g/mol. The fourth-order valence-electron chi connectivity index (χ4n) is 5.01. The van der Waals surface area contributed by atoms with Crippen molar-refractivity contribution in [1.82, 2.24) is 0 Å². The fourth-order valence-corrected chi connectivity index (χ4v) is 5.01. The predicted molar refractivity (Wildman–Crippen MR) is 79.2 cm³/mol. The largest absolute Gasteiger partial charge is 0.478 e. The number of carboxylic acid groups (broad SMARTS) is 1. The molecule has 2 aliphatic carbocycles. The van der Waals surface area contributed by atoms with Crippen LogP contribution in [0.3, 0.4) is 0 Å². The lowest BCUT2D eigenvalue weighted by Crippen LogP contribution is -2.57. The van der Waals surface area contributed by atoms with Gasteiger partial charge in [0.2, 0.25) is 0 Å². The van der Waals surface area contributed by atoms with Crippen LogP contribution in [0, 0.1) is 11.3 Å². The van der Waals surface area contributed by atoms with E-state index in [1.807, 2.05) is 0 Å². The molecule has 22 heavy (non-hydrogen) atoms. The minimum atomic E-state index is -0.982. The second kappa shape index (κ2) is 4.57. The number of hydrogen-bond donors (Lipinski definition) is 1. The first-order chi connectivity index (χ1) is 10.2. The molecule has 5 heteroatoms. The highest BCUT2D eigenvalue weighted by Crippen LogP contribution is 2.72. The van der Waals surface area contributed by atoms with Crippen LogP contribution in [0.4, 0.5) is 0 Å². The first-order valence-corrected chi connectivity index (χ1v) is 7.95. The van der Waals surface area contributed by atoms with Crippen molar-refractivity contribution in [2.24, 2.45) is 11.3 Å². The van der Waals surface area contributed by atoms with Gasteiger partial charge >= 0.3 is 11.9 Å². The highest BCUT2D eigenvalue weighted by molar-refractivity contribution is 5.86. The Bertz CT molecular complexity index is 555. The van der Waals surface area contributed by atoms with Gasteiger partial charge < -0.3 is 14.6 Å². The van der Waals surface area contributed by atoms with Gasteiger partial charge in [-0.3, -0.25) is 4.79 Å². The molecule has 3 fully saturated rings. The smallest absolute Gasteiger partial charge is 0.331 e. The number of hydrogen-bond acceptors (Lipinski definition) is 4. The lowest BCUT2D eigenvalue weighted by Gasteiger charge is -2.51. The second-order valence-electron chi connectivity index (χ2n) is 7.50. The van der Waals surface area contributed by atoms with Crippen molar-refractivity contribution < 1.29 is 24.2 Å². The third-order valence-electron chi connectivity index (χ3n) is 6.30. The van der Waals surface area contributed by atoms with Crippen LogP contribution < -0.4 is 0 Å². The Labute approximate surface area is 130 Å². The van der Waals surface area contributed by atoms with Crippen molar-refractivity contribution in [2.75, 3.05) is 0 Å². The second-order valence-corrected chi connectivity index (χ2v) is 7.50. The van der Waals surface area contributed by atoms with Gasteiger partial charge in [-0.05, 0) is 44.9 Å². The van der Waals surface area contributed by atoms with Crippen molar-refractivity contribution in [3.8, 4) is 0 Å². The molecule has 1 spiro atoms. The van der Waals surface area contributed by atoms with E-state index in [0.717, 1.165) is 19.3 Å². The van der Waals surface area contributed by atoms with E-state index >= 15 is 0 Å². The van der Waals surface area contributed by atoms with E-state index in [0.29, 0.717) is 12.8 Å².